The number of hydrogen-bond acceptors (Lipinski definition) is 15. The van der Waals surface area contributed by atoms with Crippen LogP contribution in [0.4, 0.5) is 0 Å². The van der Waals surface area contributed by atoms with Gasteiger partial charge in [-0.15, -0.1) is 0 Å². The molecule has 0 aliphatic carbocycles. The predicted molar refractivity (Wildman–Crippen MR) is 174 cm³/mol. The second-order valence-electron chi connectivity index (χ2n) is 11.9. The van der Waals surface area contributed by atoms with Crippen molar-refractivity contribution in [3.8, 4) is 51.7 Å². The average Bonchev–Trinajstić information content (AvgIpc) is 3.09. The number of Topliss-reactive ketones (excluding diaryl/α,β-unsaturated/α-hetero) is 1. The van der Waals surface area contributed by atoms with Crippen molar-refractivity contribution in [2.24, 2.45) is 0 Å². The molecule has 0 bridgehead atoms. The van der Waals surface area contributed by atoms with Gasteiger partial charge in [-0.25, -0.2) is 0 Å². The number of hydrogen-bond donors (Lipinski definition) is 10. The lowest BCUT2D eigenvalue weighted by atomic mass is 9.88. The molecule has 1 saturated heterocycles. The van der Waals surface area contributed by atoms with Crippen molar-refractivity contribution in [1.29, 1.82) is 0 Å². The monoisotopic (exact) mass is 704 g/mol. The lowest BCUT2D eigenvalue weighted by molar-refractivity contribution is -0.232. The van der Waals surface area contributed by atoms with Gasteiger partial charge in [0.2, 0.25) is 5.75 Å². The van der Waals surface area contributed by atoms with Gasteiger partial charge in [-0.3, -0.25) is 9.59 Å². The maximum absolute atomic E-state index is 13.5. The number of phenols is 6. The number of rotatable bonds is 8. The molecule has 0 amide bonds. The summed E-state index contributed by atoms with van der Waals surface area (Å²) in [5.41, 5.74) is -0.676. The molecular weight excluding hydrogens is 672 g/mol. The van der Waals surface area contributed by atoms with Crippen molar-refractivity contribution < 1.29 is 74.9 Å². The number of ether oxygens (including phenoxy) is 3. The van der Waals surface area contributed by atoms with Crippen molar-refractivity contribution >= 4 is 17.6 Å². The highest BCUT2D eigenvalue weighted by Gasteiger charge is 2.47. The van der Waals surface area contributed by atoms with Crippen LogP contribution < -0.4 is 9.47 Å². The van der Waals surface area contributed by atoms with Crippen LogP contribution in [0.1, 0.15) is 56.0 Å². The SMILES string of the molecule is O=C1C[C@@H](c2ccc(Oc3c(O)c(C(=O)/C=C/c4ccc(O)cc4)c(O)c([C@@H]4O[C@H](CO)[C@@H](O)[C@H](O)[C@H]4O)c3O)cc2)Oc2cc(O)cc(O)c21. The maximum Gasteiger partial charge on any atom is 0.212 e. The number of aromatic hydroxyl groups is 6. The maximum atomic E-state index is 13.5. The van der Waals surface area contributed by atoms with E-state index in [1.165, 1.54) is 60.7 Å². The van der Waals surface area contributed by atoms with Crippen LogP contribution in [-0.2, 0) is 4.74 Å². The lowest BCUT2D eigenvalue weighted by Gasteiger charge is -2.40. The molecule has 0 spiro atoms. The van der Waals surface area contributed by atoms with E-state index < -0.39 is 94.7 Å². The summed E-state index contributed by atoms with van der Waals surface area (Å²) in [7, 11) is 0. The molecule has 2 heterocycles. The fraction of sp³-hybridized carbons (Fsp3) is 0.222. The summed E-state index contributed by atoms with van der Waals surface area (Å²) in [6.07, 6.45) is -7.79. The molecule has 4 aromatic carbocycles. The average molecular weight is 705 g/mol. The summed E-state index contributed by atoms with van der Waals surface area (Å²) in [5, 5.41) is 105. The van der Waals surface area contributed by atoms with E-state index in [-0.39, 0.29) is 35.0 Å². The molecule has 0 radical (unpaired) electrons. The molecule has 0 saturated carbocycles. The van der Waals surface area contributed by atoms with E-state index in [1.54, 1.807) is 0 Å². The molecule has 51 heavy (non-hydrogen) atoms. The Balaban J connectivity index is 1.37. The number of aliphatic hydroxyl groups excluding tert-OH is 4. The lowest BCUT2D eigenvalue weighted by Crippen LogP contribution is -2.55. The summed E-state index contributed by atoms with van der Waals surface area (Å²) in [6, 6.07) is 13.6. The third-order valence-electron chi connectivity index (χ3n) is 8.61. The molecule has 15 heteroatoms. The molecule has 1 fully saturated rings. The molecule has 2 aliphatic rings. The van der Waals surface area contributed by atoms with Gasteiger partial charge in [0.25, 0.3) is 0 Å². The second kappa shape index (κ2) is 13.8. The Bertz CT molecular complexity index is 2000. The molecular formula is C36H32O15. The van der Waals surface area contributed by atoms with E-state index in [1.807, 2.05) is 0 Å². The topological polar surface area (TPSA) is 264 Å². The minimum Gasteiger partial charge on any atom is -0.508 e. The quantitative estimate of drug-likeness (QED) is 0.0934. The smallest absolute Gasteiger partial charge is 0.212 e. The molecule has 0 aromatic heterocycles. The van der Waals surface area contributed by atoms with Crippen LogP contribution in [0.2, 0.25) is 0 Å². The van der Waals surface area contributed by atoms with Gasteiger partial charge < -0.3 is 65.3 Å². The normalized spacial score (nSPS) is 23.1. The van der Waals surface area contributed by atoms with Crippen molar-refractivity contribution in [2.75, 3.05) is 6.61 Å². The van der Waals surface area contributed by atoms with Crippen LogP contribution in [0, 0.1) is 0 Å². The Morgan fingerprint density at radius 1 is 0.824 bits per heavy atom. The molecule has 6 rings (SSSR count). The molecule has 4 aromatic rings. The molecule has 10 N–H and O–H groups in total. The zero-order valence-corrected chi connectivity index (χ0v) is 26.3. The van der Waals surface area contributed by atoms with E-state index >= 15 is 0 Å². The first-order valence-corrected chi connectivity index (χ1v) is 15.4. The Labute approximate surface area is 288 Å². The Morgan fingerprint density at radius 2 is 1.51 bits per heavy atom. The van der Waals surface area contributed by atoms with E-state index in [4.69, 9.17) is 14.2 Å². The van der Waals surface area contributed by atoms with E-state index in [0.717, 1.165) is 12.1 Å². The summed E-state index contributed by atoms with van der Waals surface area (Å²) in [6.45, 7) is -0.845. The summed E-state index contributed by atoms with van der Waals surface area (Å²) in [4.78, 5) is 26.2. The van der Waals surface area contributed by atoms with Gasteiger partial charge in [-0.05, 0) is 41.5 Å². The fourth-order valence-electron chi connectivity index (χ4n) is 5.97. The zero-order chi connectivity index (χ0) is 36.7. The fourth-order valence-corrected chi connectivity index (χ4v) is 5.97. The summed E-state index contributed by atoms with van der Waals surface area (Å²) < 4.78 is 17.2. The number of aliphatic hydroxyl groups is 4. The summed E-state index contributed by atoms with van der Waals surface area (Å²) >= 11 is 0. The largest absolute Gasteiger partial charge is 0.508 e. The molecule has 0 unspecified atom stereocenters. The Hall–Kier alpha value is -5.84. The molecule has 266 valence electrons. The minimum atomic E-state index is -2.01. The van der Waals surface area contributed by atoms with Crippen LogP contribution in [0.3, 0.4) is 0 Å². The number of fused-ring (bicyclic) bond motifs is 1. The van der Waals surface area contributed by atoms with Crippen LogP contribution in [0.25, 0.3) is 6.08 Å². The number of phenolic OH excluding ortho intramolecular Hbond substituents is 6. The van der Waals surface area contributed by atoms with E-state index in [9.17, 15) is 60.7 Å². The Morgan fingerprint density at radius 3 is 2.18 bits per heavy atom. The van der Waals surface area contributed by atoms with Gasteiger partial charge in [0, 0.05) is 12.1 Å². The first-order valence-electron chi connectivity index (χ1n) is 15.4. The predicted octanol–water partition coefficient (Wildman–Crippen LogP) is 2.83. The van der Waals surface area contributed by atoms with E-state index in [2.05, 4.69) is 0 Å². The summed E-state index contributed by atoms with van der Waals surface area (Å²) in [5.74, 6) is -6.18. The van der Waals surface area contributed by atoms with Gasteiger partial charge >= 0.3 is 0 Å². The van der Waals surface area contributed by atoms with Crippen molar-refractivity contribution in [3.63, 3.8) is 0 Å². The van der Waals surface area contributed by atoms with Gasteiger partial charge in [-0.2, -0.15) is 0 Å². The van der Waals surface area contributed by atoms with Crippen LogP contribution in [-0.4, -0.2) is 93.7 Å². The minimum absolute atomic E-state index is 0.0228. The number of ketones is 2. The number of benzene rings is 4. The molecule has 15 nitrogen and oxygen atoms in total. The second-order valence-corrected chi connectivity index (χ2v) is 11.9. The standard InChI is InChI=1S/C36H32O15/c37-14-25-29(43)33(47)34(48)35(51-25)28-30(44)27(20(40)10-3-15-1-6-17(38)7-2-15)31(45)36(32(28)46)49-19-8-4-16(5-9-19)23-13-22(42)26-21(41)11-18(39)12-24(26)50-23/h1-12,23,25,29,33-35,37-39,41,43-48H,13-14H2/b10-3+/t23-,25+,29+,33-,34+,35-/m0/s1. The van der Waals surface area contributed by atoms with Crippen LogP contribution in [0.5, 0.6) is 51.7 Å². The van der Waals surface area contributed by atoms with Gasteiger partial charge in [0.1, 0.15) is 82.2 Å². The zero-order valence-electron chi connectivity index (χ0n) is 26.3. The van der Waals surface area contributed by atoms with Crippen LogP contribution >= 0.6 is 0 Å². The van der Waals surface area contributed by atoms with Crippen molar-refractivity contribution in [1.82, 2.24) is 0 Å². The highest BCUT2D eigenvalue weighted by atomic mass is 16.5. The van der Waals surface area contributed by atoms with Crippen molar-refractivity contribution in [3.05, 3.63) is 94.6 Å². The number of carbonyl (C=O) groups is 2. The highest BCUT2D eigenvalue weighted by Crippen LogP contribution is 2.54. The van der Waals surface area contributed by atoms with Crippen LogP contribution in [0.15, 0.2) is 66.7 Å². The molecule has 6 atom stereocenters. The third kappa shape index (κ3) is 6.59. The third-order valence-corrected chi connectivity index (χ3v) is 8.61. The number of allylic oxidation sites excluding steroid dienone is 1. The molecule has 2 aliphatic heterocycles. The first kappa shape index (κ1) is 35.0. The van der Waals surface area contributed by atoms with Gasteiger partial charge in [-0.1, -0.05) is 30.3 Å². The van der Waals surface area contributed by atoms with E-state index in [0.29, 0.717) is 11.1 Å². The highest BCUT2D eigenvalue weighted by molar-refractivity contribution is 6.11. The van der Waals surface area contributed by atoms with Gasteiger partial charge in [0.15, 0.2) is 23.1 Å². The Kier molecular flexibility index (Phi) is 9.48. The number of carbonyl (C=O) groups excluding carboxylic acids is 2. The van der Waals surface area contributed by atoms with Crippen molar-refractivity contribution in [2.45, 2.75) is 43.0 Å². The first-order chi connectivity index (χ1) is 24.3. The van der Waals surface area contributed by atoms with Gasteiger partial charge in [0.05, 0.1) is 18.6 Å².